The third-order valence-corrected chi connectivity index (χ3v) is 8.56. The zero-order valence-corrected chi connectivity index (χ0v) is 19.0. The third-order valence-electron chi connectivity index (χ3n) is 8.56. The quantitative estimate of drug-likeness (QED) is 0.223. The highest BCUT2D eigenvalue weighted by Crippen LogP contribution is 2.65. The van der Waals surface area contributed by atoms with E-state index < -0.39 is 0 Å². The van der Waals surface area contributed by atoms with E-state index in [1.807, 2.05) is 0 Å². The zero-order valence-electron chi connectivity index (χ0n) is 19.0. The van der Waals surface area contributed by atoms with Crippen LogP contribution in [-0.4, -0.2) is 0 Å². The smallest absolute Gasteiger partial charge is 0.0616 e. The highest BCUT2D eigenvalue weighted by Gasteiger charge is 2.54. The van der Waals surface area contributed by atoms with E-state index in [1.165, 1.54) is 76.5 Å². The summed E-state index contributed by atoms with van der Waals surface area (Å²) in [6.45, 7) is 0. The predicted octanol–water partition coefficient (Wildman–Crippen LogP) is 8.98. The number of hydrogen-bond acceptors (Lipinski definition) is 0. The zero-order chi connectivity index (χ0) is 22.7. The Bertz CT molecular complexity index is 1960. The van der Waals surface area contributed by atoms with Gasteiger partial charge in [0.15, 0.2) is 0 Å². The molecule has 1 spiro atoms. The van der Waals surface area contributed by atoms with Gasteiger partial charge in [-0.15, -0.1) is 0 Å². The van der Waals surface area contributed by atoms with Crippen molar-refractivity contribution in [1.29, 1.82) is 0 Å². The Morgan fingerprint density at radius 1 is 0.371 bits per heavy atom. The first kappa shape index (κ1) is 18.0. The molecule has 0 bridgehead atoms. The molecule has 7 aromatic carbocycles. The average molecular weight is 441 g/mol. The van der Waals surface area contributed by atoms with Gasteiger partial charge in [-0.3, -0.25) is 0 Å². The molecule has 2 aliphatic carbocycles. The molecule has 0 atom stereocenters. The summed E-state index contributed by atoms with van der Waals surface area (Å²) in [4.78, 5) is 0. The van der Waals surface area contributed by atoms with Gasteiger partial charge in [0, 0.05) is 0 Å². The van der Waals surface area contributed by atoms with Crippen LogP contribution in [0, 0.1) is 0 Å². The second kappa shape index (κ2) is 5.98. The van der Waals surface area contributed by atoms with Gasteiger partial charge in [0.25, 0.3) is 0 Å². The molecule has 0 saturated carbocycles. The van der Waals surface area contributed by atoms with E-state index in [2.05, 4.69) is 121 Å². The minimum absolute atomic E-state index is 0.0959. The van der Waals surface area contributed by atoms with Crippen molar-refractivity contribution in [2.24, 2.45) is 0 Å². The van der Waals surface area contributed by atoms with Gasteiger partial charge in [-0.25, -0.2) is 0 Å². The maximum Gasteiger partial charge on any atom is 0.0726 e. The van der Waals surface area contributed by atoms with Crippen molar-refractivity contribution in [3.8, 4) is 11.1 Å². The van der Waals surface area contributed by atoms with Crippen molar-refractivity contribution >= 4 is 43.1 Å². The van der Waals surface area contributed by atoms with Gasteiger partial charge in [0.1, 0.15) is 0 Å². The van der Waals surface area contributed by atoms with E-state index in [0.717, 1.165) is 0 Å². The highest BCUT2D eigenvalue weighted by atomic mass is 14.5. The van der Waals surface area contributed by atoms with Gasteiger partial charge < -0.3 is 0 Å². The van der Waals surface area contributed by atoms with Crippen molar-refractivity contribution in [2.75, 3.05) is 0 Å². The van der Waals surface area contributed by atoms with Gasteiger partial charge in [0.2, 0.25) is 0 Å². The predicted molar refractivity (Wildman–Crippen MR) is 147 cm³/mol. The molecule has 0 fully saturated rings. The molecule has 7 aromatic rings. The Morgan fingerprint density at radius 2 is 0.886 bits per heavy atom. The first-order valence-electron chi connectivity index (χ1n) is 12.4. The molecule has 0 unspecified atom stereocenters. The van der Waals surface area contributed by atoms with Gasteiger partial charge in [0.05, 0.1) is 5.41 Å². The Kier molecular flexibility index (Phi) is 3.07. The third kappa shape index (κ3) is 1.94. The molecule has 2 aliphatic rings. The fourth-order valence-corrected chi connectivity index (χ4v) is 7.22. The van der Waals surface area contributed by atoms with Crippen LogP contribution in [0.5, 0.6) is 0 Å². The SMILES string of the molecule is c1ccc2c(-c3cc4c5c(cccc5c3)C43c4cccc5cccc3c45)c3ccccc3cc2c1. The van der Waals surface area contributed by atoms with Gasteiger partial charge >= 0.3 is 0 Å². The second-order valence-corrected chi connectivity index (χ2v) is 10.1. The van der Waals surface area contributed by atoms with Crippen molar-refractivity contribution in [2.45, 2.75) is 5.41 Å². The van der Waals surface area contributed by atoms with Crippen LogP contribution in [-0.2, 0) is 5.41 Å². The van der Waals surface area contributed by atoms with Crippen LogP contribution >= 0.6 is 0 Å². The van der Waals surface area contributed by atoms with E-state index in [-0.39, 0.29) is 5.41 Å². The molecular weight excluding hydrogens is 420 g/mol. The van der Waals surface area contributed by atoms with E-state index in [1.54, 1.807) is 0 Å². The molecule has 0 amide bonds. The van der Waals surface area contributed by atoms with Crippen LogP contribution < -0.4 is 0 Å². The summed E-state index contributed by atoms with van der Waals surface area (Å²) in [5.74, 6) is 0. The van der Waals surface area contributed by atoms with E-state index in [4.69, 9.17) is 0 Å². The number of fused-ring (bicyclic) bond motifs is 6. The molecule has 35 heavy (non-hydrogen) atoms. The summed E-state index contributed by atoms with van der Waals surface area (Å²) < 4.78 is 0. The Labute approximate surface area is 203 Å². The average Bonchev–Trinajstić information content (AvgIpc) is 2.90. The van der Waals surface area contributed by atoms with Crippen molar-refractivity contribution in [3.63, 3.8) is 0 Å². The molecule has 160 valence electrons. The van der Waals surface area contributed by atoms with Gasteiger partial charge in [-0.05, 0) is 94.7 Å². The second-order valence-electron chi connectivity index (χ2n) is 10.1. The van der Waals surface area contributed by atoms with Crippen LogP contribution in [0.15, 0.2) is 121 Å². The monoisotopic (exact) mass is 440 g/mol. The molecule has 9 rings (SSSR count). The van der Waals surface area contributed by atoms with E-state index in [9.17, 15) is 0 Å². The van der Waals surface area contributed by atoms with Gasteiger partial charge in [-0.2, -0.15) is 0 Å². The summed E-state index contributed by atoms with van der Waals surface area (Å²) >= 11 is 0. The molecule has 0 heteroatoms. The lowest BCUT2D eigenvalue weighted by Crippen LogP contribution is -2.43. The summed E-state index contributed by atoms with van der Waals surface area (Å²) in [7, 11) is 0. The van der Waals surface area contributed by atoms with Crippen LogP contribution in [0.3, 0.4) is 0 Å². The first-order chi connectivity index (χ1) is 17.4. The Balaban J connectivity index is 1.42. The maximum atomic E-state index is 2.50. The van der Waals surface area contributed by atoms with E-state index in [0.29, 0.717) is 0 Å². The fraction of sp³-hybridized carbons (Fsp3) is 0.0286. The van der Waals surface area contributed by atoms with Crippen LogP contribution in [0.1, 0.15) is 22.3 Å². The summed E-state index contributed by atoms with van der Waals surface area (Å²) in [5.41, 5.74) is 8.41. The lowest BCUT2D eigenvalue weighted by Gasteiger charge is -2.52. The standard InChI is InChI=1S/C35H20/c1-3-13-26-22(8-1)18-23-9-2-4-14-27(23)32(26)25-19-24-12-7-17-30-34(24)31(20-25)35(30)28-15-5-10-21-11-6-16-29(35)33(21)28/h1-20H. The van der Waals surface area contributed by atoms with E-state index >= 15 is 0 Å². The van der Waals surface area contributed by atoms with Crippen LogP contribution in [0.25, 0.3) is 54.2 Å². The molecule has 0 saturated heterocycles. The van der Waals surface area contributed by atoms with Crippen LogP contribution in [0.2, 0.25) is 0 Å². The summed E-state index contributed by atoms with van der Waals surface area (Å²) in [5, 5.41) is 10.8. The summed E-state index contributed by atoms with van der Waals surface area (Å²) in [6.07, 6.45) is 0. The van der Waals surface area contributed by atoms with Crippen LogP contribution in [0.4, 0.5) is 0 Å². The van der Waals surface area contributed by atoms with Crippen molar-refractivity contribution < 1.29 is 0 Å². The number of rotatable bonds is 1. The van der Waals surface area contributed by atoms with Gasteiger partial charge in [-0.1, -0.05) is 103 Å². The molecule has 0 aliphatic heterocycles. The molecule has 0 nitrogen and oxygen atoms in total. The topological polar surface area (TPSA) is 0 Å². The molecule has 0 radical (unpaired) electrons. The lowest BCUT2D eigenvalue weighted by molar-refractivity contribution is 0.701. The molecular formula is C35H20. The van der Waals surface area contributed by atoms with Crippen molar-refractivity contribution in [1.82, 2.24) is 0 Å². The number of benzene rings is 7. The molecule has 0 aromatic heterocycles. The molecule has 0 N–H and O–H groups in total. The minimum atomic E-state index is -0.0959. The summed E-state index contributed by atoms with van der Waals surface area (Å²) in [6, 6.07) is 45.4. The van der Waals surface area contributed by atoms with Crippen molar-refractivity contribution in [3.05, 3.63) is 144 Å². The lowest BCUT2D eigenvalue weighted by atomic mass is 9.49. The normalized spacial score (nSPS) is 14.5. The number of hydrogen-bond donors (Lipinski definition) is 0. The largest absolute Gasteiger partial charge is 0.0726 e. The Morgan fingerprint density at radius 3 is 1.51 bits per heavy atom. The first-order valence-corrected chi connectivity index (χ1v) is 12.4. The Hall–Kier alpha value is -4.42. The minimum Gasteiger partial charge on any atom is -0.0616 e. The molecule has 0 heterocycles. The fourth-order valence-electron chi connectivity index (χ4n) is 7.22. The maximum absolute atomic E-state index is 2.50. The highest BCUT2D eigenvalue weighted by molar-refractivity contribution is 6.16.